The average molecular weight is 600 g/mol. The van der Waals surface area contributed by atoms with Gasteiger partial charge in [-0.15, -0.1) is 0 Å². The van der Waals surface area contributed by atoms with E-state index in [-0.39, 0.29) is 11.1 Å². The van der Waals surface area contributed by atoms with Gasteiger partial charge < -0.3 is 18.8 Å². The number of carbonyl (C=O) groups is 1. The van der Waals surface area contributed by atoms with Crippen LogP contribution in [0.25, 0.3) is 11.8 Å². The number of thiazole rings is 1. The largest absolute Gasteiger partial charge is 0.490 e. The third-order valence-corrected chi connectivity index (χ3v) is 8.58. The Bertz CT molecular complexity index is 1880. The maximum atomic E-state index is 14.1. The van der Waals surface area contributed by atoms with Crippen LogP contribution in [-0.2, 0) is 9.53 Å². The Morgan fingerprint density at radius 1 is 1.02 bits per heavy atom. The summed E-state index contributed by atoms with van der Waals surface area (Å²) in [7, 11) is 1.32. The molecule has 1 aliphatic rings. The van der Waals surface area contributed by atoms with Gasteiger partial charge in [-0.25, -0.2) is 9.79 Å². The highest BCUT2D eigenvalue weighted by Crippen LogP contribution is 2.35. The van der Waals surface area contributed by atoms with Crippen LogP contribution in [0.4, 0.5) is 0 Å². The number of aryl methyl sites for hydroxylation is 1. The van der Waals surface area contributed by atoms with E-state index in [0.29, 0.717) is 45.5 Å². The number of ether oxygens (including phenoxy) is 3. The molecule has 3 heterocycles. The second-order valence-corrected chi connectivity index (χ2v) is 11.7. The molecule has 0 saturated heterocycles. The molecule has 2 aromatic heterocycles. The molecule has 0 aliphatic carbocycles. The molecule has 224 valence electrons. The lowest BCUT2D eigenvalue weighted by Crippen LogP contribution is -2.39. The highest BCUT2D eigenvalue weighted by Gasteiger charge is 2.31. The van der Waals surface area contributed by atoms with Crippen molar-refractivity contribution in [2.75, 3.05) is 20.3 Å². The fourth-order valence-electron chi connectivity index (χ4n) is 5.47. The molecule has 9 heteroatoms. The predicted molar refractivity (Wildman–Crippen MR) is 169 cm³/mol. The first-order valence-electron chi connectivity index (χ1n) is 14.5. The molecule has 0 saturated carbocycles. The van der Waals surface area contributed by atoms with E-state index in [1.165, 1.54) is 30.2 Å². The van der Waals surface area contributed by atoms with Crippen LogP contribution in [0.3, 0.4) is 0 Å². The van der Waals surface area contributed by atoms with Crippen molar-refractivity contribution in [3.63, 3.8) is 0 Å². The van der Waals surface area contributed by atoms with Crippen molar-refractivity contribution in [1.82, 2.24) is 9.13 Å². The molecule has 0 bridgehead atoms. The van der Waals surface area contributed by atoms with Crippen molar-refractivity contribution in [2.24, 2.45) is 4.99 Å². The van der Waals surface area contributed by atoms with Crippen molar-refractivity contribution in [3.05, 3.63) is 108 Å². The Morgan fingerprint density at radius 2 is 1.72 bits per heavy atom. The number of esters is 1. The normalized spacial score (nSPS) is 14.7. The Kier molecular flexibility index (Phi) is 8.73. The van der Waals surface area contributed by atoms with Gasteiger partial charge in [0.15, 0.2) is 16.3 Å². The summed E-state index contributed by atoms with van der Waals surface area (Å²) in [6.07, 6.45) is 3.41. The zero-order chi connectivity index (χ0) is 30.8. The van der Waals surface area contributed by atoms with Gasteiger partial charge in [0.1, 0.15) is 0 Å². The van der Waals surface area contributed by atoms with E-state index in [0.717, 1.165) is 22.6 Å². The molecule has 0 N–H and O–H groups in total. The molecule has 4 aromatic rings. The van der Waals surface area contributed by atoms with Crippen molar-refractivity contribution in [3.8, 4) is 17.2 Å². The van der Waals surface area contributed by atoms with Crippen molar-refractivity contribution in [1.29, 1.82) is 0 Å². The SMILES string of the molecule is CCOc1ccc([C@H]2C(C(=O)OC)=CN=c3s/c(=C\c4cc(C)n(-c5ccc(C(C)C)cc5)c4C)c(=O)n32)cc1OCC. The first-order chi connectivity index (χ1) is 20.7. The van der Waals surface area contributed by atoms with Gasteiger partial charge >= 0.3 is 5.97 Å². The van der Waals surface area contributed by atoms with Crippen LogP contribution in [0.15, 0.2) is 70.1 Å². The summed E-state index contributed by atoms with van der Waals surface area (Å²) in [5.74, 6) is 1.04. The highest BCUT2D eigenvalue weighted by molar-refractivity contribution is 7.07. The lowest BCUT2D eigenvalue weighted by molar-refractivity contribution is -0.136. The summed E-state index contributed by atoms with van der Waals surface area (Å²) >= 11 is 1.29. The van der Waals surface area contributed by atoms with Crippen LogP contribution in [0.1, 0.15) is 67.7 Å². The van der Waals surface area contributed by atoms with E-state index < -0.39 is 12.0 Å². The summed E-state index contributed by atoms with van der Waals surface area (Å²) in [5.41, 5.74) is 6.11. The average Bonchev–Trinajstić information content (AvgIpc) is 3.47. The van der Waals surface area contributed by atoms with E-state index in [1.54, 1.807) is 10.6 Å². The Balaban J connectivity index is 1.63. The zero-order valence-corrected chi connectivity index (χ0v) is 26.5. The van der Waals surface area contributed by atoms with Crippen molar-refractivity contribution in [2.45, 2.75) is 53.5 Å². The fourth-order valence-corrected chi connectivity index (χ4v) is 6.43. The third-order valence-electron chi connectivity index (χ3n) is 7.58. The van der Waals surface area contributed by atoms with Crippen molar-refractivity contribution >= 4 is 23.4 Å². The van der Waals surface area contributed by atoms with Crippen LogP contribution >= 0.6 is 11.3 Å². The number of aromatic nitrogens is 2. The van der Waals surface area contributed by atoms with Crippen LogP contribution < -0.4 is 24.4 Å². The summed E-state index contributed by atoms with van der Waals surface area (Å²) < 4.78 is 21.0. The molecule has 0 spiro atoms. The smallest absolute Gasteiger partial charge is 0.337 e. The van der Waals surface area contributed by atoms with Gasteiger partial charge in [-0.2, -0.15) is 0 Å². The van der Waals surface area contributed by atoms with E-state index >= 15 is 0 Å². The van der Waals surface area contributed by atoms with E-state index in [1.807, 2.05) is 32.1 Å². The minimum absolute atomic E-state index is 0.235. The number of carbonyl (C=O) groups excluding carboxylic acids is 1. The Morgan fingerprint density at radius 3 is 2.37 bits per heavy atom. The molecule has 1 atom stereocenters. The standard InChI is InChI=1S/C34H37N3O5S/c1-8-41-28-15-12-24(17-29(28)42-9-2)31-27(33(39)40-7)19-35-34-37(31)32(38)30(43-34)18-25-16-21(5)36(22(25)6)26-13-10-23(11-14-26)20(3)4/h10-20,31H,8-9H2,1-7H3/b30-18-/t31-/m0/s1. The van der Waals surface area contributed by atoms with Gasteiger partial charge in [-0.3, -0.25) is 9.36 Å². The van der Waals surface area contributed by atoms with Crippen molar-refractivity contribution < 1.29 is 19.0 Å². The summed E-state index contributed by atoms with van der Waals surface area (Å²) in [5, 5.41) is 0. The maximum Gasteiger partial charge on any atom is 0.337 e. The first-order valence-corrected chi connectivity index (χ1v) is 15.3. The number of nitrogens with zero attached hydrogens (tertiary/aromatic N) is 3. The van der Waals surface area contributed by atoms with E-state index in [2.05, 4.69) is 67.6 Å². The third kappa shape index (κ3) is 5.69. The highest BCUT2D eigenvalue weighted by atomic mass is 32.1. The van der Waals surface area contributed by atoms with Gasteiger partial charge in [-0.1, -0.05) is 43.4 Å². The molecule has 0 unspecified atom stereocenters. The number of hydrogen-bond donors (Lipinski definition) is 0. The minimum atomic E-state index is -0.743. The topological polar surface area (TPSA) is 84.0 Å². The second kappa shape index (κ2) is 12.5. The second-order valence-electron chi connectivity index (χ2n) is 10.7. The van der Waals surface area contributed by atoms with Crippen LogP contribution in [0.5, 0.6) is 11.5 Å². The van der Waals surface area contributed by atoms with E-state index in [4.69, 9.17) is 14.2 Å². The monoisotopic (exact) mass is 599 g/mol. The number of rotatable bonds is 9. The molecule has 2 aromatic carbocycles. The number of methoxy groups -OCH3 is 1. The van der Waals surface area contributed by atoms with Crippen LogP contribution in [-0.4, -0.2) is 35.4 Å². The molecule has 43 heavy (non-hydrogen) atoms. The number of benzene rings is 2. The molecule has 1 aliphatic heterocycles. The van der Waals surface area contributed by atoms with Gasteiger partial charge in [0.05, 0.1) is 36.5 Å². The predicted octanol–water partition coefficient (Wildman–Crippen LogP) is 5.35. The quantitative estimate of drug-likeness (QED) is 0.242. The maximum absolute atomic E-state index is 14.1. The molecule has 5 rings (SSSR count). The summed E-state index contributed by atoms with van der Waals surface area (Å²) in [6.45, 7) is 13.2. The molecule has 0 radical (unpaired) electrons. The summed E-state index contributed by atoms with van der Waals surface area (Å²) in [6, 6.07) is 15.4. The van der Waals surface area contributed by atoms with Gasteiger partial charge in [0, 0.05) is 23.3 Å². The van der Waals surface area contributed by atoms with E-state index in [9.17, 15) is 9.59 Å². The lowest BCUT2D eigenvalue weighted by atomic mass is 9.97. The molecular formula is C34H37N3O5S. The summed E-state index contributed by atoms with van der Waals surface area (Å²) in [4.78, 5) is 32.0. The van der Waals surface area contributed by atoms with Gasteiger partial charge in [0.2, 0.25) is 0 Å². The van der Waals surface area contributed by atoms with Gasteiger partial charge in [0.25, 0.3) is 5.56 Å². The fraction of sp³-hybridized carbons (Fsp3) is 0.324. The zero-order valence-electron chi connectivity index (χ0n) is 25.6. The molecule has 0 fully saturated rings. The van der Waals surface area contributed by atoms with Gasteiger partial charge in [-0.05, 0) is 86.7 Å². The Hall–Kier alpha value is -4.37. The number of fused-ring (bicyclic) bond motifs is 1. The first kappa shape index (κ1) is 30.1. The molecule has 8 nitrogen and oxygen atoms in total. The molecule has 0 amide bonds. The Labute approximate surface area is 255 Å². The molecular weight excluding hydrogens is 562 g/mol. The van der Waals surface area contributed by atoms with Crippen LogP contribution in [0, 0.1) is 13.8 Å². The number of hydrogen-bond acceptors (Lipinski definition) is 7. The van der Waals surface area contributed by atoms with Crippen LogP contribution in [0.2, 0.25) is 0 Å². The lowest BCUT2D eigenvalue weighted by Gasteiger charge is -2.23. The minimum Gasteiger partial charge on any atom is -0.490 e.